The number of Topliss-reactive ketones (excluding diaryl/α,β-unsaturated/α-hetero) is 1. The predicted molar refractivity (Wildman–Crippen MR) is 117 cm³/mol. The van der Waals surface area contributed by atoms with E-state index in [4.69, 9.17) is 9.47 Å². The largest absolute Gasteiger partial charge is 0.478 e. The molecule has 3 aromatic carbocycles. The average molecular weight is 415 g/mol. The number of carbonyl (C=O) groups excluding carboxylic acids is 1. The molecule has 156 valence electrons. The molecule has 0 aromatic heterocycles. The van der Waals surface area contributed by atoms with Gasteiger partial charge in [-0.25, -0.2) is 4.39 Å². The van der Waals surface area contributed by atoms with Crippen molar-refractivity contribution in [3.63, 3.8) is 0 Å². The Bertz CT molecular complexity index is 1170. The first kappa shape index (κ1) is 19.5. The highest BCUT2D eigenvalue weighted by Gasteiger charge is 2.35. The van der Waals surface area contributed by atoms with Gasteiger partial charge >= 0.3 is 0 Å². The van der Waals surface area contributed by atoms with Gasteiger partial charge in [-0.1, -0.05) is 42.5 Å². The van der Waals surface area contributed by atoms with Gasteiger partial charge in [-0.3, -0.25) is 9.69 Å². The van der Waals surface area contributed by atoms with Crippen LogP contribution in [0, 0.1) is 12.7 Å². The number of aryl methyl sites for hydroxylation is 1. The molecule has 4 nitrogen and oxygen atoms in total. The molecule has 0 aliphatic carbocycles. The van der Waals surface area contributed by atoms with E-state index in [0.717, 1.165) is 41.0 Å². The number of carbonyl (C=O) groups is 1. The van der Waals surface area contributed by atoms with Gasteiger partial charge in [0.1, 0.15) is 24.0 Å². The number of halogens is 1. The van der Waals surface area contributed by atoms with Crippen LogP contribution in [0.5, 0.6) is 11.5 Å². The molecule has 0 radical (unpaired) electrons. The van der Waals surface area contributed by atoms with Gasteiger partial charge in [-0.05, 0) is 54.3 Å². The van der Waals surface area contributed by atoms with Crippen LogP contribution in [-0.4, -0.2) is 24.0 Å². The van der Waals surface area contributed by atoms with Crippen molar-refractivity contribution in [3.05, 3.63) is 100 Å². The van der Waals surface area contributed by atoms with E-state index < -0.39 is 0 Å². The Balaban J connectivity index is 1.39. The standard InChI is InChI=1S/C26H22FNO3/c1-17-13-22-21(15-28(16-30-22)12-11-18-7-9-20(27)10-8-18)26-24(17)25(29)23(31-26)14-19-5-3-2-4-6-19/h2-10,13-14H,11-12,15-16H2,1H3/b23-14+. The van der Waals surface area contributed by atoms with Crippen LogP contribution in [0.4, 0.5) is 4.39 Å². The lowest BCUT2D eigenvalue weighted by atomic mass is 9.98. The van der Waals surface area contributed by atoms with E-state index in [-0.39, 0.29) is 11.6 Å². The molecule has 0 N–H and O–H groups in total. The molecule has 31 heavy (non-hydrogen) atoms. The minimum Gasteiger partial charge on any atom is -0.478 e. The Hall–Kier alpha value is -3.44. The van der Waals surface area contributed by atoms with Crippen LogP contribution in [0.3, 0.4) is 0 Å². The Kier molecular flexibility index (Phi) is 5.04. The summed E-state index contributed by atoms with van der Waals surface area (Å²) >= 11 is 0. The lowest BCUT2D eigenvalue weighted by molar-refractivity contribution is 0.0949. The van der Waals surface area contributed by atoms with Crippen molar-refractivity contribution in [1.29, 1.82) is 0 Å². The van der Waals surface area contributed by atoms with Crippen LogP contribution in [0.2, 0.25) is 0 Å². The maximum absolute atomic E-state index is 13.1. The Morgan fingerprint density at radius 3 is 2.65 bits per heavy atom. The third-order valence-electron chi connectivity index (χ3n) is 5.72. The maximum atomic E-state index is 13.1. The highest BCUT2D eigenvalue weighted by molar-refractivity contribution is 6.15. The smallest absolute Gasteiger partial charge is 0.232 e. The van der Waals surface area contributed by atoms with E-state index in [9.17, 15) is 9.18 Å². The highest BCUT2D eigenvalue weighted by atomic mass is 19.1. The van der Waals surface area contributed by atoms with Crippen molar-refractivity contribution in [1.82, 2.24) is 4.90 Å². The van der Waals surface area contributed by atoms with Gasteiger partial charge in [-0.2, -0.15) is 0 Å². The fourth-order valence-corrected chi connectivity index (χ4v) is 4.06. The number of hydrogen-bond acceptors (Lipinski definition) is 4. The molecule has 5 rings (SSSR count). The number of hydrogen-bond donors (Lipinski definition) is 0. The second-order valence-corrected chi connectivity index (χ2v) is 7.93. The molecular weight excluding hydrogens is 393 g/mol. The first-order valence-corrected chi connectivity index (χ1v) is 10.3. The van der Waals surface area contributed by atoms with E-state index >= 15 is 0 Å². The minimum atomic E-state index is -0.230. The SMILES string of the molecule is Cc1cc2c(c3c1C(=O)/C(=C\c1ccccc1)O3)CN(CCc1ccc(F)cc1)CO2. The van der Waals surface area contributed by atoms with Gasteiger partial charge in [0.15, 0.2) is 5.76 Å². The van der Waals surface area contributed by atoms with Crippen LogP contribution in [0.15, 0.2) is 66.4 Å². The Labute approximate surface area is 180 Å². The average Bonchev–Trinajstić information content (AvgIpc) is 3.11. The summed E-state index contributed by atoms with van der Waals surface area (Å²) in [6.07, 6.45) is 2.57. The van der Waals surface area contributed by atoms with Crippen molar-refractivity contribution >= 4 is 11.9 Å². The Morgan fingerprint density at radius 1 is 1.10 bits per heavy atom. The number of benzene rings is 3. The van der Waals surface area contributed by atoms with Crippen LogP contribution < -0.4 is 9.47 Å². The molecule has 0 fully saturated rings. The molecule has 0 bridgehead atoms. The second kappa shape index (κ2) is 8.00. The fraction of sp³-hybridized carbons (Fsp3) is 0.192. The van der Waals surface area contributed by atoms with Crippen molar-refractivity contribution in [3.8, 4) is 11.5 Å². The topological polar surface area (TPSA) is 38.8 Å². The number of ketones is 1. The van der Waals surface area contributed by atoms with Gasteiger partial charge in [0.05, 0.1) is 11.1 Å². The number of rotatable bonds is 4. The third kappa shape index (κ3) is 3.84. The summed E-state index contributed by atoms with van der Waals surface area (Å²) in [5.41, 5.74) is 4.36. The fourth-order valence-electron chi connectivity index (χ4n) is 4.06. The molecule has 0 spiro atoms. The normalized spacial score (nSPS) is 16.6. The first-order chi connectivity index (χ1) is 15.1. The summed E-state index contributed by atoms with van der Waals surface area (Å²) in [6, 6.07) is 18.2. The van der Waals surface area contributed by atoms with Crippen LogP contribution in [-0.2, 0) is 13.0 Å². The lowest BCUT2D eigenvalue weighted by Crippen LogP contribution is -2.33. The van der Waals surface area contributed by atoms with Crippen molar-refractivity contribution < 1.29 is 18.7 Å². The Morgan fingerprint density at radius 2 is 1.87 bits per heavy atom. The third-order valence-corrected chi connectivity index (χ3v) is 5.72. The van der Waals surface area contributed by atoms with Gasteiger partial charge < -0.3 is 9.47 Å². The zero-order valence-electron chi connectivity index (χ0n) is 17.2. The van der Waals surface area contributed by atoms with Crippen molar-refractivity contribution in [2.24, 2.45) is 0 Å². The van der Waals surface area contributed by atoms with E-state index in [0.29, 0.717) is 30.3 Å². The quantitative estimate of drug-likeness (QED) is 0.553. The maximum Gasteiger partial charge on any atom is 0.232 e. The summed E-state index contributed by atoms with van der Waals surface area (Å²) in [7, 11) is 0. The molecule has 0 amide bonds. The van der Waals surface area contributed by atoms with E-state index in [1.54, 1.807) is 18.2 Å². The van der Waals surface area contributed by atoms with E-state index in [1.165, 1.54) is 12.1 Å². The molecular formula is C26H22FNO3. The molecule has 2 heterocycles. The molecule has 3 aromatic rings. The molecule has 5 heteroatoms. The van der Waals surface area contributed by atoms with E-state index in [2.05, 4.69) is 4.90 Å². The second-order valence-electron chi connectivity index (χ2n) is 7.93. The number of ether oxygens (including phenoxy) is 2. The summed E-state index contributed by atoms with van der Waals surface area (Å²) in [4.78, 5) is 15.2. The molecule has 0 saturated heterocycles. The van der Waals surface area contributed by atoms with Gasteiger partial charge in [0.2, 0.25) is 5.78 Å². The molecule has 0 atom stereocenters. The summed E-state index contributed by atoms with van der Waals surface area (Å²) in [6.45, 7) is 3.77. The molecule has 0 saturated carbocycles. The van der Waals surface area contributed by atoms with Crippen molar-refractivity contribution in [2.45, 2.75) is 19.9 Å². The minimum absolute atomic E-state index is 0.0948. The van der Waals surface area contributed by atoms with Crippen molar-refractivity contribution in [2.75, 3.05) is 13.3 Å². The number of nitrogens with zero attached hydrogens (tertiary/aromatic N) is 1. The molecule has 0 unspecified atom stereocenters. The lowest BCUT2D eigenvalue weighted by Gasteiger charge is -2.30. The van der Waals surface area contributed by atoms with Crippen LogP contribution >= 0.6 is 0 Å². The summed E-state index contributed by atoms with van der Waals surface area (Å²) in [5.74, 6) is 1.38. The zero-order valence-corrected chi connectivity index (χ0v) is 17.2. The van der Waals surface area contributed by atoms with Gasteiger partial charge in [0, 0.05) is 13.1 Å². The van der Waals surface area contributed by atoms with Crippen LogP contribution in [0.1, 0.15) is 32.6 Å². The number of fused-ring (bicyclic) bond motifs is 3. The summed E-state index contributed by atoms with van der Waals surface area (Å²) < 4.78 is 25.2. The van der Waals surface area contributed by atoms with Gasteiger partial charge in [-0.15, -0.1) is 0 Å². The zero-order chi connectivity index (χ0) is 21.4. The molecule has 2 aliphatic heterocycles. The van der Waals surface area contributed by atoms with Gasteiger partial charge in [0.25, 0.3) is 0 Å². The molecule has 2 aliphatic rings. The first-order valence-electron chi connectivity index (χ1n) is 10.3. The number of allylic oxidation sites excluding steroid dienone is 1. The summed E-state index contributed by atoms with van der Waals surface area (Å²) in [5, 5.41) is 0. The van der Waals surface area contributed by atoms with Crippen LogP contribution in [0.25, 0.3) is 6.08 Å². The van der Waals surface area contributed by atoms with E-state index in [1.807, 2.05) is 43.3 Å². The monoisotopic (exact) mass is 415 g/mol. The predicted octanol–water partition coefficient (Wildman–Crippen LogP) is 5.14. The highest BCUT2D eigenvalue weighted by Crippen LogP contribution is 2.44.